The number of amides is 1. The maximum atomic E-state index is 13.1. The Morgan fingerprint density at radius 3 is 2.53 bits per heavy atom. The van der Waals surface area contributed by atoms with Crippen LogP contribution in [0.2, 0.25) is 10.0 Å². The van der Waals surface area contributed by atoms with Crippen molar-refractivity contribution in [3.8, 4) is 17.0 Å². The van der Waals surface area contributed by atoms with E-state index in [0.29, 0.717) is 34.0 Å². The smallest absolute Gasteiger partial charge is 0.253 e. The van der Waals surface area contributed by atoms with Gasteiger partial charge >= 0.3 is 0 Å². The molecule has 0 spiro atoms. The molecule has 1 amide bonds. The molecule has 0 atom stereocenters. The lowest BCUT2D eigenvalue weighted by Gasteiger charge is -2.29. The number of aryl methyl sites for hydroxylation is 1. The van der Waals surface area contributed by atoms with E-state index in [0.717, 1.165) is 53.9 Å². The number of aromatic nitrogens is 2. The quantitative estimate of drug-likeness (QED) is 0.474. The number of para-hydroxylation sites is 1. The molecule has 0 aliphatic heterocycles. The molecule has 7 heteroatoms. The molecule has 3 N–H and O–H groups in total. The Morgan fingerprint density at radius 1 is 1.16 bits per heavy atom. The largest absolute Gasteiger partial charge is 0.496 e. The molecule has 3 aromatic rings. The summed E-state index contributed by atoms with van der Waals surface area (Å²) in [5.74, 6) is 1.47. The Balaban J connectivity index is 1.39. The molecule has 4 rings (SSSR count). The summed E-state index contributed by atoms with van der Waals surface area (Å²) < 4.78 is 5.49. The first-order valence-electron chi connectivity index (χ1n) is 10.9. The van der Waals surface area contributed by atoms with Crippen LogP contribution < -0.4 is 15.0 Å². The summed E-state index contributed by atoms with van der Waals surface area (Å²) in [6.45, 7) is 2.61. The minimum atomic E-state index is -0.0675. The van der Waals surface area contributed by atoms with E-state index in [1.807, 2.05) is 37.3 Å². The fourth-order valence-electron chi connectivity index (χ4n) is 4.67. The first kappa shape index (κ1) is 22.7. The third-order valence-corrected chi connectivity index (χ3v) is 6.94. The molecule has 1 aliphatic carbocycles. The van der Waals surface area contributed by atoms with Gasteiger partial charge in [0.2, 0.25) is 0 Å². The predicted molar refractivity (Wildman–Crippen MR) is 128 cm³/mol. The Bertz CT molecular complexity index is 1080. The number of rotatable bonds is 6. The molecular formula is C25H28Cl2N3O2+. The van der Waals surface area contributed by atoms with Gasteiger partial charge < -0.3 is 15.0 Å². The van der Waals surface area contributed by atoms with Crippen LogP contribution in [0, 0.1) is 12.8 Å². The Labute approximate surface area is 198 Å². The van der Waals surface area contributed by atoms with Crippen molar-refractivity contribution in [3.63, 3.8) is 0 Å². The van der Waals surface area contributed by atoms with Crippen LogP contribution in [0.3, 0.4) is 0 Å². The molecule has 1 saturated carbocycles. The lowest BCUT2D eigenvalue weighted by molar-refractivity contribution is -0.377. The Kier molecular flexibility index (Phi) is 7.07. The van der Waals surface area contributed by atoms with Crippen LogP contribution in [0.15, 0.2) is 42.7 Å². The Morgan fingerprint density at radius 2 is 1.84 bits per heavy atom. The van der Waals surface area contributed by atoms with Crippen LogP contribution in [0.5, 0.6) is 5.75 Å². The van der Waals surface area contributed by atoms with E-state index in [9.17, 15) is 4.79 Å². The van der Waals surface area contributed by atoms with Crippen molar-refractivity contribution in [2.24, 2.45) is 5.92 Å². The summed E-state index contributed by atoms with van der Waals surface area (Å²) in [7, 11) is 1.64. The van der Waals surface area contributed by atoms with Gasteiger partial charge in [-0.25, -0.2) is 4.98 Å². The summed E-state index contributed by atoms with van der Waals surface area (Å²) in [5, 5.41) is 4.54. The second kappa shape index (κ2) is 9.97. The Hall–Kier alpha value is -2.50. The number of methoxy groups -OCH3 is 1. The number of hydrogen-bond acceptors (Lipinski definition) is 2. The number of halogens is 2. The van der Waals surface area contributed by atoms with Crippen LogP contribution >= 0.6 is 23.2 Å². The van der Waals surface area contributed by atoms with Gasteiger partial charge in [0, 0.05) is 23.4 Å². The van der Waals surface area contributed by atoms with Crippen LogP contribution in [-0.2, 0) is 0 Å². The van der Waals surface area contributed by atoms with E-state index >= 15 is 0 Å². The molecule has 0 bridgehead atoms. The van der Waals surface area contributed by atoms with Crippen molar-refractivity contribution >= 4 is 29.1 Å². The third kappa shape index (κ3) is 4.79. The van der Waals surface area contributed by atoms with Gasteiger partial charge in [-0.3, -0.25) is 4.79 Å². The van der Waals surface area contributed by atoms with E-state index in [1.54, 1.807) is 19.5 Å². The van der Waals surface area contributed by atoms with Gasteiger partial charge in [-0.15, -0.1) is 0 Å². The maximum absolute atomic E-state index is 13.1. The molecule has 32 heavy (non-hydrogen) atoms. The first-order chi connectivity index (χ1) is 15.5. The minimum Gasteiger partial charge on any atom is -0.496 e. The summed E-state index contributed by atoms with van der Waals surface area (Å²) >= 11 is 12.7. The molecule has 168 valence electrons. The number of aromatic amines is 2. The zero-order valence-corrected chi connectivity index (χ0v) is 19.8. The van der Waals surface area contributed by atoms with Gasteiger partial charge in [-0.1, -0.05) is 35.3 Å². The molecule has 1 aromatic carbocycles. The minimum absolute atomic E-state index is 0.0675. The second-order valence-electron chi connectivity index (χ2n) is 8.43. The van der Waals surface area contributed by atoms with Crippen LogP contribution in [0.25, 0.3) is 11.3 Å². The van der Waals surface area contributed by atoms with Crippen molar-refractivity contribution in [2.75, 3.05) is 13.7 Å². The SMILES string of the molecule is COc1ccccc1-c1[nH]c(C)cc1C(=O)NCC1CCC(c2c(Cl)c[nH+]cc2Cl)CC1. The lowest BCUT2D eigenvalue weighted by atomic mass is 9.79. The number of H-pyrrole nitrogens is 2. The number of benzene rings is 1. The summed E-state index contributed by atoms with van der Waals surface area (Å²) in [5.41, 5.74) is 4.28. The number of carbonyl (C=O) groups is 1. The van der Waals surface area contributed by atoms with Crippen molar-refractivity contribution in [1.82, 2.24) is 10.3 Å². The van der Waals surface area contributed by atoms with Gasteiger partial charge in [0.05, 0.1) is 18.4 Å². The number of hydrogen-bond donors (Lipinski definition) is 2. The van der Waals surface area contributed by atoms with Crippen molar-refractivity contribution in [1.29, 1.82) is 0 Å². The van der Waals surface area contributed by atoms with Gasteiger partial charge in [-0.05, 0) is 62.6 Å². The average molecular weight is 473 g/mol. The van der Waals surface area contributed by atoms with Crippen LogP contribution in [0.4, 0.5) is 0 Å². The van der Waals surface area contributed by atoms with Gasteiger partial charge in [-0.2, -0.15) is 0 Å². The van der Waals surface area contributed by atoms with E-state index < -0.39 is 0 Å². The third-order valence-electron chi connectivity index (χ3n) is 6.31. The molecule has 2 aromatic heterocycles. The predicted octanol–water partition coefficient (Wildman–Crippen LogP) is 5.82. The molecular weight excluding hydrogens is 445 g/mol. The van der Waals surface area contributed by atoms with Gasteiger partial charge in [0.1, 0.15) is 15.8 Å². The molecule has 0 saturated heterocycles. The van der Waals surface area contributed by atoms with Crippen molar-refractivity contribution < 1.29 is 14.5 Å². The highest BCUT2D eigenvalue weighted by Gasteiger charge is 2.27. The highest BCUT2D eigenvalue weighted by Crippen LogP contribution is 2.41. The summed E-state index contributed by atoms with van der Waals surface area (Å²) in [4.78, 5) is 19.3. The molecule has 0 radical (unpaired) electrons. The highest BCUT2D eigenvalue weighted by atomic mass is 35.5. The average Bonchev–Trinajstić information content (AvgIpc) is 3.19. The van der Waals surface area contributed by atoms with Gasteiger partial charge in [0.15, 0.2) is 12.4 Å². The van der Waals surface area contributed by atoms with Crippen LogP contribution in [0.1, 0.15) is 53.2 Å². The number of nitrogens with one attached hydrogen (secondary N) is 3. The van der Waals surface area contributed by atoms with Crippen LogP contribution in [-0.4, -0.2) is 24.5 Å². The standard InChI is InChI=1S/C25H27Cl2N3O2/c1-15-11-19(24(30-15)18-5-3-4-6-22(18)32-2)25(31)29-12-16-7-9-17(10-8-16)23-20(26)13-28-14-21(23)27/h3-6,11,13-14,16-17,30H,7-10,12H2,1-2H3,(H,29,31)/p+1. The number of pyridine rings is 1. The van der Waals surface area contributed by atoms with E-state index in [1.165, 1.54) is 0 Å². The second-order valence-corrected chi connectivity index (χ2v) is 9.25. The molecule has 0 unspecified atom stereocenters. The van der Waals surface area contributed by atoms with Gasteiger partial charge in [0.25, 0.3) is 5.91 Å². The topological polar surface area (TPSA) is 68.3 Å². The summed E-state index contributed by atoms with van der Waals surface area (Å²) in [6.07, 6.45) is 7.66. The monoisotopic (exact) mass is 472 g/mol. The molecule has 1 fully saturated rings. The highest BCUT2D eigenvalue weighted by molar-refractivity contribution is 6.35. The summed E-state index contributed by atoms with van der Waals surface area (Å²) in [6, 6.07) is 9.61. The van der Waals surface area contributed by atoms with Crippen molar-refractivity contribution in [3.05, 3.63) is 69.6 Å². The normalized spacial score (nSPS) is 18.4. The molecule has 5 nitrogen and oxygen atoms in total. The van der Waals surface area contributed by atoms with Crippen molar-refractivity contribution in [2.45, 2.75) is 38.5 Å². The zero-order valence-electron chi connectivity index (χ0n) is 18.3. The first-order valence-corrected chi connectivity index (χ1v) is 11.7. The number of carbonyl (C=O) groups excluding carboxylic acids is 1. The fraction of sp³-hybridized carbons (Fsp3) is 0.360. The zero-order chi connectivity index (χ0) is 22.7. The molecule has 1 aliphatic rings. The number of ether oxygens (including phenoxy) is 1. The van der Waals surface area contributed by atoms with E-state index in [2.05, 4.69) is 15.3 Å². The van der Waals surface area contributed by atoms with E-state index in [-0.39, 0.29) is 5.91 Å². The lowest BCUT2D eigenvalue weighted by Crippen LogP contribution is -2.31. The fourth-order valence-corrected chi connectivity index (χ4v) is 5.35. The van der Waals surface area contributed by atoms with E-state index in [4.69, 9.17) is 27.9 Å². The molecule has 2 heterocycles. The maximum Gasteiger partial charge on any atom is 0.253 e.